The van der Waals surface area contributed by atoms with E-state index in [9.17, 15) is 22.8 Å². The van der Waals surface area contributed by atoms with E-state index in [4.69, 9.17) is 11.6 Å². The smallest absolute Gasteiger partial charge is 0.355 e. The zero-order valence-electron chi connectivity index (χ0n) is 18.6. The van der Waals surface area contributed by atoms with Gasteiger partial charge in [0, 0.05) is 36.0 Å². The van der Waals surface area contributed by atoms with Gasteiger partial charge in [-0.15, -0.1) is 11.8 Å². The van der Waals surface area contributed by atoms with Crippen molar-refractivity contribution >= 4 is 45.9 Å². The molecule has 0 fully saturated rings. The number of aromatic nitrogens is 5. The molecule has 0 aliphatic carbocycles. The molecule has 0 saturated heterocycles. The van der Waals surface area contributed by atoms with Crippen LogP contribution in [-0.4, -0.2) is 29.8 Å². The Bertz CT molecular complexity index is 1660. The maximum absolute atomic E-state index is 14.5. The summed E-state index contributed by atoms with van der Waals surface area (Å²) in [7, 11) is 1.74. The lowest BCUT2D eigenvalue weighted by atomic mass is 10.2. The minimum Gasteiger partial charge on any atom is -0.377 e. The fourth-order valence-corrected chi connectivity index (χ4v) is 4.64. The number of nitrogens with one attached hydrogen (secondary N) is 2. The second-order valence-corrected chi connectivity index (χ2v) is 9.24. The van der Waals surface area contributed by atoms with Crippen molar-refractivity contribution in [2.24, 2.45) is 7.05 Å². The summed E-state index contributed by atoms with van der Waals surface area (Å²) in [5.41, 5.74) is -0.460. The Morgan fingerprint density at radius 1 is 1.08 bits per heavy atom. The van der Waals surface area contributed by atoms with Crippen molar-refractivity contribution in [3.8, 4) is 0 Å². The Hall–Kier alpha value is -3.71. The van der Waals surface area contributed by atoms with Gasteiger partial charge in [-0.3, -0.25) is 9.25 Å². The lowest BCUT2D eigenvalue weighted by Gasteiger charge is -2.17. The molecule has 186 valence electrons. The van der Waals surface area contributed by atoms with E-state index in [0.717, 1.165) is 14.5 Å². The van der Waals surface area contributed by atoms with Crippen LogP contribution in [0.25, 0.3) is 10.9 Å². The van der Waals surface area contributed by atoms with Crippen LogP contribution in [0.3, 0.4) is 0 Å². The standard InChI is InChI=1S/C22H17ClF3N7O2S/c1-31-6-12-3-19(14(23)4-18(12)30-31)28-20-29-21(34)33(8-13-9-36-10-27-13)22(35)32(20)7-11-2-16(25)17(26)5-15(11)24/h2-6,9,27H,7-8,10H2,1H3,(H,28,29,34). The van der Waals surface area contributed by atoms with Gasteiger partial charge in [0.25, 0.3) is 0 Å². The highest BCUT2D eigenvalue weighted by molar-refractivity contribution is 8.02. The molecule has 1 aliphatic rings. The van der Waals surface area contributed by atoms with Gasteiger partial charge < -0.3 is 10.6 Å². The van der Waals surface area contributed by atoms with Crippen LogP contribution < -0.4 is 22.0 Å². The number of benzene rings is 2. The lowest BCUT2D eigenvalue weighted by molar-refractivity contribution is 0.485. The first kappa shape index (κ1) is 24.0. The molecule has 0 radical (unpaired) electrons. The van der Waals surface area contributed by atoms with E-state index in [-0.39, 0.29) is 23.1 Å². The van der Waals surface area contributed by atoms with Gasteiger partial charge in [0.15, 0.2) is 11.6 Å². The number of hydrogen-bond donors (Lipinski definition) is 2. The molecular formula is C22H17ClF3N7O2S. The number of rotatable bonds is 6. The zero-order chi connectivity index (χ0) is 25.6. The second-order valence-electron chi connectivity index (χ2n) is 7.98. The molecule has 14 heteroatoms. The molecule has 0 bridgehead atoms. The summed E-state index contributed by atoms with van der Waals surface area (Å²) in [4.78, 5) is 30.2. The average Bonchev–Trinajstić information content (AvgIpc) is 3.46. The number of anilines is 2. The van der Waals surface area contributed by atoms with Gasteiger partial charge in [-0.25, -0.2) is 27.3 Å². The highest BCUT2D eigenvalue weighted by Gasteiger charge is 2.19. The number of aryl methyl sites for hydroxylation is 1. The Balaban J connectivity index is 1.63. The molecule has 2 N–H and O–H groups in total. The predicted molar refractivity (Wildman–Crippen MR) is 131 cm³/mol. The van der Waals surface area contributed by atoms with Crippen LogP contribution in [0.15, 0.2) is 51.2 Å². The van der Waals surface area contributed by atoms with Crippen molar-refractivity contribution in [2.45, 2.75) is 13.1 Å². The molecule has 1 aliphatic heterocycles. The first-order chi connectivity index (χ1) is 17.2. The quantitative estimate of drug-likeness (QED) is 0.366. The number of thioether (sulfide) groups is 1. The first-order valence-electron chi connectivity index (χ1n) is 10.5. The minimum absolute atomic E-state index is 0.0966. The Kier molecular flexibility index (Phi) is 6.26. The van der Waals surface area contributed by atoms with Gasteiger partial charge in [0.2, 0.25) is 5.95 Å². The largest absolute Gasteiger partial charge is 0.377 e. The highest BCUT2D eigenvalue weighted by atomic mass is 35.5. The molecule has 0 saturated carbocycles. The van der Waals surface area contributed by atoms with Gasteiger partial charge in [-0.1, -0.05) is 11.6 Å². The van der Waals surface area contributed by atoms with Gasteiger partial charge in [0.1, 0.15) is 5.82 Å². The second kappa shape index (κ2) is 9.39. The van der Waals surface area contributed by atoms with E-state index in [1.165, 1.54) is 11.8 Å². The fourth-order valence-electron chi connectivity index (χ4n) is 3.73. The molecule has 0 spiro atoms. The molecule has 0 unspecified atom stereocenters. The lowest BCUT2D eigenvalue weighted by Crippen LogP contribution is -2.43. The molecule has 4 aromatic rings. The van der Waals surface area contributed by atoms with Crippen LogP contribution in [0.5, 0.6) is 0 Å². The van der Waals surface area contributed by atoms with Crippen LogP contribution in [0, 0.1) is 17.5 Å². The van der Waals surface area contributed by atoms with Crippen molar-refractivity contribution in [1.82, 2.24) is 29.2 Å². The number of hydrogen-bond acceptors (Lipinski definition) is 7. The third kappa shape index (κ3) is 4.58. The number of fused-ring (bicyclic) bond motifs is 1. The topological polar surface area (TPSA) is 98.8 Å². The Morgan fingerprint density at radius 3 is 2.61 bits per heavy atom. The molecule has 0 amide bonds. The summed E-state index contributed by atoms with van der Waals surface area (Å²) < 4.78 is 45.2. The summed E-state index contributed by atoms with van der Waals surface area (Å²) in [6, 6.07) is 4.29. The van der Waals surface area contributed by atoms with Crippen molar-refractivity contribution in [3.63, 3.8) is 0 Å². The molecule has 36 heavy (non-hydrogen) atoms. The third-order valence-electron chi connectivity index (χ3n) is 5.46. The van der Waals surface area contributed by atoms with Crippen LogP contribution in [0.1, 0.15) is 5.56 Å². The van der Waals surface area contributed by atoms with Crippen LogP contribution >= 0.6 is 23.4 Å². The summed E-state index contributed by atoms with van der Waals surface area (Å²) in [6.45, 7) is -0.633. The maximum Gasteiger partial charge on any atom is 0.355 e. The van der Waals surface area contributed by atoms with E-state index >= 15 is 0 Å². The molecule has 2 aromatic carbocycles. The molecular weight excluding hydrogens is 519 g/mol. The van der Waals surface area contributed by atoms with E-state index in [0.29, 0.717) is 34.9 Å². The van der Waals surface area contributed by atoms with E-state index in [1.54, 1.807) is 35.5 Å². The third-order valence-corrected chi connectivity index (χ3v) is 6.53. The van der Waals surface area contributed by atoms with Crippen molar-refractivity contribution in [2.75, 3.05) is 11.2 Å². The van der Waals surface area contributed by atoms with Crippen LogP contribution in [0.2, 0.25) is 5.02 Å². The molecule has 3 heterocycles. The number of allylic oxidation sites excluding steroid dienone is 1. The first-order valence-corrected chi connectivity index (χ1v) is 11.9. The van der Waals surface area contributed by atoms with Gasteiger partial charge >= 0.3 is 11.4 Å². The molecule has 2 aromatic heterocycles. The van der Waals surface area contributed by atoms with Crippen molar-refractivity contribution < 1.29 is 13.2 Å². The number of nitrogens with zero attached hydrogens (tertiary/aromatic N) is 5. The van der Waals surface area contributed by atoms with E-state index < -0.39 is 35.4 Å². The van der Waals surface area contributed by atoms with E-state index in [1.807, 2.05) is 0 Å². The predicted octanol–water partition coefficient (Wildman–Crippen LogP) is 3.29. The average molecular weight is 536 g/mol. The monoisotopic (exact) mass is 535 g/mol. The fraction of sp³-hybridized carbons (Fsp3) is 0.182. The highest BCUT2D eigenvalue weighted by Crippen LogP contribution is 2.29. The van der Waals surface area contributed by atoms with E-state index in [2.05, 4.69) is 20.7 Å². The zero-order valence-corrected chi connectivity index (χ0v) is 20.1. The molecule has 0 atom stereocenters. The summed E-state index contributed by atoms with van der Waals surface area (Å²) in [6.07, 6.45) is 1.74. The SMILES string of the molecule is Cn1cc2cc(Nc3nc(=O)n(CC4=CSCN4)c(=O)n3Cc3cc(F)c(F)cc3F)c(Cl)cc2n1. The van der Waals surface area contributed by atoms with Crippen LogP contribution in [-0.2, 0) is 20.1 Å². The minimum atomic E-state index is -1.36. The Labute approximate surface area is 210 Å². The molecule has 5 rings (SSSR count). The number of halogens is 4. The van der Waals surface area contributed by atoms with Crippen molar-refractivity contribution in [3.05, 3.63) is 90.6 Å². The summed E-state index contributed by atoms with van der Waals surface area (Å²) in [5.74, 6) is -3.37. The van der Waals surface area contributed by atoms with Gasteiger partial charge in [0.05, 0.1) is 35.2 Å². The normalized spacial score (nSPS) is 13.2. The summed E-state index contributed by atoms with van der Waals surface area (Å²) >= 11 is 7.84. The Morgan fingerprint density at radius 2 is 1.86 bits per heavy atom. The van der Waals surface area contributed by atoms with Crippen molar-refractivity contribution in [1.29, 1.82) is 0 Å². The molecule has 9 nitrogen and oxygen atoms in total. The summed E-state index contributed by atoms with van der Waals surface area (Å²) in [5, 5.41) is 12.9. The van der Waals surface area contributed by atoms with Gasteiger partial charge in [-0.05, 0) is 23.6 Å². The van der Waals surface area contributed by atoms with Crippen LogP contribution in [0.4, 0.5) is 24.8 Å². The maximum atomic E-state index is 14.5. The van der Waals surface area contributed by atoms with Gasteiger partial charge in [-0.2, -0.15) is 10.1 Å².